The topological polar surface area (TPSA) is 72.7 Å². The first-order valence-corrected chi connectivity index (χ1v) is 11.5. The molecule has 0 radical (unpaired) electrons. The van der Waals surface area contributed by atoms with Gasteiger partial charge < -0.3 is 24.3 Å². The first-order valence-electron chi connectivity index (χ1n) is 11.5. The average Bonchev–Trinajstić information content (AvgIpc) is 2.85. The predicted molar refractivity (Wildman–Crippen MR) is 132 cm³/mol. The van der Waals surface area contributed by atoms with E-state index in [2.05, 4.69) is 31.3 Å². The average molecular weight is 455 g/mol. The zero-order valence-electron chi connectivity index (χ0n) is 20.9. The van der Waals surface area contributed by atoms with Crippen LogP contribution in [0.15, 0.2) is 36.4 Å². The van der Waals surface area contributed by atoms with Crippen LogP contribution in [0.1, 0.15) is 44.2 Å². The highest BCUT2D eigenvalue weighted by atomic mass is 16.5. The Bertz CT molecular complexity index is 923. The van der Waals surface area contributed by atoms with Crippen molar-refractivity contribution < 1.29 is 18.9 Å². The highest BCUT2D eigenvalue weighted by Crippen LogP contribution is 2.40. The molecule has 0 saturated heterocycles. The molecule has 2 aromatic carbocycles. The van der Waals surface area contributed by atoms with Crippen molar-refractivity contribution in [3.63, 3.8) is 0 Å². The monoisotopic (exact) mass is 454 g/mol. The van der Waals surface area contributed by atoms with Crippen molar-refractivity contribution in [3.05, 3.63) is 47.5 Å². The van der Waals surface area contributed by atoms with Gasteiger partial charge in [0.1, 0.15) is 0 Å². The van der Waals surface area contributed by atoms with Crippen LogP contribution in [0.2, 0.25) is 0 Å². The molecule has 33 heavy (non-hydrogen) atoms. The minimum atomic E-state index is -0.569. The van der Waals surface area contributed by atoms with Gasteiger partial charge in [-0.05, 0) is 80.1 Å². The molecule has 1 atom stereocenters. The van der Waals surface area contributed by atoms with Crippen LogP contribution in [0.5, 0.6) is 23.0 Å². The van der Waals surface area contributed by atoms with Gasteiger partial charge in [-0.3, -0.25) is 0 Å². The molecule has 0 aromatic heterocycles. The Morgan fingerprint density at radius 1 is 0.818 bits per heavy atom. The molecule has 0 aliphatic rings. The van der Waals surface area contributed by atoms with E-state index in [1.807, 2.05) is 30.3 Å². The lowest BCUT2D eigenvalue weighted by Crippen LogP contribution is -2.32. The van der Waals surface area contributed by atoms with Crippen LogP contribution in [-0.2, 0) is 11.8 Å². The fourth-order valence-corrected chi connectivity index (χ4v) is 4.20. The minimum absolute atomic E-state index is 0.172. The molecule has 6 heteroatoms. The second kappa shape index (κ2) is 13.0. The van der Waals surface area contributed by atoms with E-state index in [9.17, 15) is 5.26 Å². The number of methoxy groups -OCH3 is 4. The van der Waals surface area contributed by atoms with Crippen molar-refractivity contribution in [2.75, 3.05) is 41.5 Å². The molecule has 0 spiro atoms. The van der Waals surface area contributed by atoms with Gasteiger partial charge in [-0.25, -0.2) is 0 Å². The SMILES string of the molecule is COc1ccc(CCCNCCC[C@@](C#N)(c2ccc(OC)c(OC)c2)C(C)C)cc1OC. The zero-order chi connectivity index (χ0) is 24.3. The van der Waals surface area contributed by atoms with E-state index in [1.54, 1.807) is 28.4 Å². The van der Waals surface area contributed by atoms with E-state index in [-0.39, 0.29) is 5.92 Å². The third kappa shape index (κ3) is 6.55. The van der Waals surface area contributed by atoms with E-state index in [4.69, 9.17) is 18.9 Å². The number of nitrogens with zero attached hydrogens (tertiary/aromatic N) is 1. The summed E-state index contributed by atoms with van der Waals surface area (Å²) in [5, 5.41) is 13.7. The molecule has 0 bridgehead atoms. The van der Waals surface area contributed by atoms with Gasteiger partial charge in [0.2, 0.25) is 0 Å². The second-order valence-corrected chi connectivity index (χ2v) is 8.45. The molecular weight excluding hydrogens is 416 g/mol. The molecule has 0 heterocycles. The van der Waals surface area contributed by atoms with Crippen LogP contribution in [0.25, 0.3) is 0 Å². The Balaban J connectivity index is 1.88. The van der Waals surface area contributed by atoms with Gasteiger partial charge in [-0.15, -0.1) is 0 Å². The maximum atomic E-state index is 10.2. The number of ether oxygens (including phenoxy) is 4. The van der Waals surface area contributed by atoms with Crippen molar-refractivity contribution in [2.45, 2.75) is 44.9 Å². The molecule has 0 amide bonds. The lowest BCUT2D eigenvalue weighted by atomic mass is 9.70. The molecule has 0 aliphatic heterocycles. The lowest BCUT2D eigenvalue weighted by Gasteiger charge is -2.32. The number of hydrogen-bond donors (Lipinski definition) is 1. The third-order valence-electron chi connectivity index (χ3n) is 6.28. The summed E-state index contributed by atoms with van der Waals surface area (Å²) in [5.41, 5.74) is 1.64. The number of hydrogen-bond acceptors (Lipinski definition) is 6. The molecule has 2 rings (SSSR count). The standard InChI is InChI=1S/C27H38N2O4/c1-20(2)27(19-28,22-11-13-24(31-4)26(18-22)33-6)14-8-16-29-15-7-9-21-10-12-23(30-3)25(17-21)32-5/h10-13,17-18,20,29H,7-9,14-16H2,1-6H3/t27-/m0/s1. The summed E-state index contributed by atoms with van der Waals surface area (Å²) in [7, 11) is 6.54. The summed E-state index contributed by atoms with van der Waals surface area (Å²) in [6.07, 6.45) is 3.68. The van der Waals surface area contributed by atoms with Gasteiger partial charge in [-0.2, -0.15) is 5.26 Å². The first-order chi connectivity index (χ1) is 15.9. The van der Waals surface area contributed by atoms with Crippen LogP contribution in [0.4, 0.5) is 0 Å². The van der Waals surface area contributed by atoms with E-state index < -0.39 is 5.41 Å². The summed E-state index contributed by atoms with van der Waals surface area (Å²) < 4.78 is 21.5. The Morgan fingerprint density at radius 2 is 1.39 bits per heavy atom. The Labute approximate surface area is 198 Å². The second-order valence-electron chi connectivity index (χ2n) is 8.45. The first kappa shape index (κ1) is 26.3. The molecular formula is C27H38N2O4. The number of benzene rings is 2. The van der Waals surface area contributed by atoms with Crippen molar-refractivity contribution in [1.82, 2.24) is 5.32 Å². The van der Waals surface area contributed by atoms with Crippen molar-refractivity contribution in [1.29, 1.82) is 5.26 Å². The highest BCUT2D eigenvalue weighted by Gasteiger charge is 2.36. The third-order valence-corrected chi connectivity index (χ3v) is 6.28. The van der Waals surface area contributed by atoms with Crippen LogP contribution in [0.3, 0.4) is 0 Å². The van der Waals surface area contributed by atoms with Gasteiger partial charge >= 0.3 is 0 Å². The van der Waals surface area contributed by atoms with Gasteiger partial charge in [-0.1, -0.05) is 26.0 Å². The van der Waals surface area contributed by atoms with Gasteiger partial charge in [0.15, 0.2) is 23.0 Å². The van der Waals surface area contributed by atoms with Crippen molar-refractivity contribution in [2.24, 2.45) is 5.92 Å². The summed E-state index contributed by atoms with van der Waals surface area (Å²) in [5.74, 6) is 3.02. The largest absolute Gasteiger partial charge is 0.493 e. The summed E-state index contributed by atoms with van der Waals surface area (Å²) in [4.78, 5) is 0. The van der Waals surface area contributed by atoms with Gasteiger partial charge in [0, 0.05) is 0 Å². The van der Waals surface area contributed by atoms with E-state index in [0.29, 0.717) is 11.5 Å². The van der Waals surface area contributed by atoms with E-state index in [1.165, 1.54) is 5.56 Å². The highest BCUT2D eigenvalue weighted by molar-refractivity contribution is 5.47. The van der Waals surface area contributed by atoms with Crippen LogP contribution < -0.4 is 24.3 Å². The van der Waals surface area contributed by atoms with Gasteiger partial charge in [0.05, 0.1) is 39.9 Å². The quantitative estimate of drug-likeness (QED) is 0.399. The predicted octanol–water partition coefficient (Wildman–Crippen LogP) is 5.14. The zero-order valence-corrected chi connectivity index (χ0v) is 20.9. The Morgan fingerprint density at radius 3 is 1.97 bits per heavy atom. The maximum Gasteiger partial charge on any atom is 0.161 e. The molecule has 2 aromatic rings. The fraction of sp³-hybridized carbons (Fsp3) is 0.519. The summed E-state index contributed by atoms with van der Waals surface area (Å²) >= 11 is 0. The number of nitrogens with one attached hydrogen (secondary N) is 1. The van der Waals surface area contributed by atoms with Crippen molar-refractivity contribution in [3.8, 4) is 29.1 Å². The number of nitriles is 1. The molecule has 0 aliphatic carbocycles. The molecule has 1 N–H and O–H groups in total. The molecule has 180 valence electrons. The minimum Gasteiger partial charge on any atom is -0.493 e. The van der Waals surface area contributed by atoms with Crippen LogP contribution in [0, 0.1) is 17.2 Å². The molecule has 6 nitrogen and oxygen atoms in total. The maximum absolute atomic E-state index is 10.2. The van der Waals surface area contributed by atoms with Gasteiger partial charge in [0.25, 0.3) is 0 Å². The molecule has 0 fully saturated rings. The van der Waals surface area contributed by atoms with Crippen LogP contribution in [-0.4, -0.2) is 41.5 Å². The van der Waals surface area contributed by atoms with E-state index >= 15 is 0 Å². The Hall–Kier alpha value is -2.91. The Kier molecular flexibility index (Phi) is 10.3. The normalized spacial score (nSPS) is 12.7. The summed E-state index contributed by atoms with van der Waals surface area (Å²) in [6, 6.07) is 14.5. The van der Waals surface area contributed by atoms with Crippen molar-refractivity contribution >= 4 is 0 Å². The number of aryl methyl sites for hydroxylation is 1. The summed E-state index contributed by atoms with van der Waals surface area (Å²) in [6.45, 7) is 6.01. The fourth-order valence-electron chi connectivity index (χ4n) is 4.20. The molecule has 0 saturated carbocycles. The van der Waals surface area contributed by atoms with Crippen LogP contribution >= 0.6 is 0 Å². The smallest absolute Gasteiger partial charge is 0.161 e. The number of rotatable bonds is 14. The van der Waals surface area contributed by atoms with E-state index in [0.717, 1.165) is 55.8 Å². The lowest BCUT2D eigenvalue weighted by molar-refractivity contribution is 0.341. The molecule has 0 unspecified atom stereocenters.